The summed E-state index contributed by atoms with van der Waals surface area (Å²) in [6.45, 7) is 5.80. The molecule has 0 heterocycles. The molecule has 0 spiro atoms. The normalized spacial score (nSPS) is 27.2. The molecule has 0 unspecified atom stereocenters. The van der Waals surface area contributed by atoms with E-state index in [1.54, 1.807) is 0 Å². The quantitative estimate of drug-likeness (QED) is 0.573. The molecule has 1 aromatic carbocycles. The first-order chi connectivity index (χ1) is 7.65. The number of allylic oxidation sites excluding steroid dienone is 1. The maximum Gasteiger partial charge on any atom is 0.316 e. The summed E-state index contributed by atoms with van der Waals surface area (Å²) in [5.74, 6) is 0.0592. The van der Waals surface area contributed by atoms with Crippen LogP contribution in [-0.4, -0.2) is 13.1 Å². The zero-order valence-corrected chi connectivity index (χ0v) is 9.69. The Kier molecular flexibility index (Phi) is 2.58. The Morgan fingerprint density at radius 3 is 2.56 bits per heavy atom. The molecule has 84 valence electrons. The molecular weight excluding hydrogens is 200 g/mol. The molecule has 0 N–H and O–H groups in total. The molecular formula is C14H16O2. The topological polar surface area (TPSA) is 26.3 Å². The van der Waals surface area contributed by atoms with Crippen LogP contribution in [0.4, 0.5) is 0 Å². The molecule has 1 saturated carbocycles. The van der Waals surface area contributed by atoms with E-state index in [0.717, 1.165) is 12.0 Å². The summed E-state index contributed by atoms with van der Waals surface area (Å²) in [5.41, 5.74) is 1.76. The highest BCUT2D eigenvalue weighted by Crippen LogP contribution is 2.55. The van der Waals surface area contributed by atoms with E-state index in [1.807, 2.05) is 37.3 Å². The number of methoxy groups -OCH3 is 1. The first-order valence-electron chi connectivity index (χ1n) is 5.43. The van der Waals surface area contributed by atoms with Gasteiger partial charge in [0.15, 0.2) is 0 Å². The van der Waals surface area contributed by atoms with Gasteiger partial charge in [0.05, 0.1) is 12.5 Å². The third-order valence-electron chi connectivity index (χ3n) is 3.42. The molecule has 2 nitrogen and oxygen atoms in total. The maximum atomic E-state index is 11.9. The van der Waals surface area contributed by atoms with E-state index in [9.17, 15) is 4.79 Å². The average Bonchev–Trinajstić information content (AvgIpc) is 3.04. The Morgan fingerprint density at radius 2 is 2.12 bits per heavy atom. The van der Waals surface area contributed by atoms with Crippen LogP contribution >= 0.6 is 0 Å². The number of carbonyl (C=O) groups excluding carboxylic acids is 1. The summed E-state index contributed by atoms with van der Waals surface area (Å²) in [7, 11) is 1.44. The van der Waals surface area contributed by atoms with E-state index in [1.165, 1.54) is 12.7 Å². The summed E-state index contributed by atoms with van der Waals surface area (Å²) in [5, 5.41) is 0. The Morgan fingerprint density at radius 1 is 1.50 bits per heavy atom. The van der Waals surface area contributed by atoms with Crippen LogP contribution in [0.1, 0.15) is 17.5 Å². The summed E-state index contributed by atoms with van der Waals surface area (Å²) in [4.78, 5) is 11.9. The van der Waals surface area contributed by atoms with E-state index in [-0.39, 0.29) is 11.9 Å². The second-order valence-electron chi connectivity index (χ2n) is 4.38. The van der Waals surface area contributed by atoms with Gasteiger partial charge in [-0.25, -0.2) is 0 Å². The van der Waals surface area contributed by atoms with Crippen molar-refractivity contribution in [2.75, 3.05) is 7.11 Å². The van der Waals surface area contributed by atoms with Crippen molar-refractivity contribution in [2.45, 2.75) is 18.8 Å². The lowest BCUT2D eigenvalue weighted by molar-refractivity contribution is -0.144. The molecule has 0 bridgehead atoms. The van der Waals surface area contributed by atoms with Crippen LogP contribution in [0.5, 0.6) is 0 Å². The standard InChI is InChI=1S/C14H16O2/c1-4-11-9-14(11,13(15)16-3)12-7-5-10(2)6-8-12/h4-8,11H,1,9H2,2-3H3/t11-,14+/m0/s1. The Balaban J connectivity index is 2.38. The number of benzene rings is 1. The van der Waals surface area contributed by atoms with Gasteiger partial charge in [0.2, 0.25) is 0 Å². The molecule has 0 amide bonds. The fraction of sp³-hybridized carbons (Fsp3) is 0.357. The van der Waals surface area contributed by atoms with Crippen molar-refractivity contribution in [3.8, 4) is 0 Å². The van der Waals surface area contributed by atoms with Gasteiger partial charge >= 0.3 is 5.97 Å². The third kappa shape index (κ3) is 1.45. The molecule has 1 aliphatic rings. The number of hydrogen-bond donors (Lipinski definition) is 0. The first kappa shape index (κ1) is 10.9. The number of carbonyl (C=O) groups is 1. The lowest BCUT2D eigenvalue weighted by Gasteiger charge is -2.14. The Bertz CT molecular complexity index is 419. The molecule has 0 aromatic heterocycles. The van der Waals surface area contributed by atoms with E-state index < -0.39 is 5.41 Å². The molecule has 0 aliphatic heterocycles. The van der Waals surface area contributed by atoms with E-state index in [2.05, 4.69) is 6.58 Å². The molecule has 2 heteroatoms. The van der Waals surface area contributed by atoms with Crippen LogP contribution in [0.25, 0.3) is 0 Å². The number of hydrogen-bond acceptors (Lipinski definition) is 2. The highest BCUT2D eigenvalue weighted by Gasteiger charge is 2.60. The monoisotopic (exact) mass is 216 g/mol. The number of esters is 1. The predicted octanol–water partition coefficient (Wildman–Crippen LogP) is 2.61. The van der Waals surface area contributed by atoms with Gasteiger partial charge in [-0.3, -0.25) is 4.79 Å². The molecule has 2 rings (SSSR count). The fourth-order valence-electron chi connectivity index (χ4n) is 2.29. The van der Waals surface area contributed by atoms with Crippen molar-refractivity contribution in [3.05, 3.63) is 48.0 Å². The minimum atomic E-state index is -0.468. The largest absolute Gasteiger partial charge is 0.468 e. The fourth-order valence-corrected chi connectivity index (χ4v) is 2.29. The highest BCUT2D eigenvalue weighted by atomic mass is 16.5. The summed E-state index contributed by atoms with van der Waals surface area (Å²) < 4.78 is 4.91. The first-order valence-corrected chi connectivity index (χ1v) is 5.43. The Hall–Kier alpha value is -1.57. The van der Waals surface area contributed by atoms with Crippen molar-refractivity contribution in [3.63, 3.8) is 0 Å². The van der Waals surface area contributed by atoms with Crippen LogP contribution in [-0.2, 0) is 14.9 Å². The van der Waals surface area contributed by atoms with E-state index >= 15 is 0 Å². The smallest absolute Gasteiger partial charge is 0.316 e. The minimum absolute atomic E-state index is 0.152. The van der Waals surface area contributed by atoms with Crippen molar-refractivity contribution in [1.29, 1.82) is 0 Å². The summed E-state index contributed by atoms with van der Waals surface area (Å²) >= 11 is 0. The average molecular weight is 216 g/mol. The minimum Gasteiger partial charge on any atom is -0.468 e. The molecule has 0 radical (unpaired) electrons. The summed E-state index contributed by atoms with van der Waals surface area (Å²) in [6.07, 6.45) is 2.66. The number of rotatable bonds is 3. The maximum absolute atomic E-state index is 11.9. The van der Waals surface area contributed by atoms with Gasteiger partial charge in [0, 0.05) is 0 Å². The lowest BCUT2D eigenvalue weighted by atomic mass is 9.92. The van der Waals surface area contributed by atoms with Gasteiger partial charge in [-0.15, -0.1) is 6.58 Å². The van der Waals surface area contributed by atoms with Gasteiger partial charge in [-0.05, 0) is 24.8 Å². The third-order valence-corrected chi connectivity index (χ3v) is 3.42. The van der Waals surface area contributed by atoms with Crippen LogP contribution < -0.4 is 0 Å². The summed E-state index contributed by atoms with van der Waals surface area (Å²) in [6, 6.07) is 8.07. The van der Waals surface area contributed by atoms with Crippen molar-refractivity contribution in [2.24, 2.45) is 5.92 Å². The molecule has 0 saturated heterocycles. The zero-order valence-electron chi connectivity index (χ0n) is 9.69. The second kappa shape index (κ2) is 3.78. The predicted molar refractivity (Wildman–Crippen MR) is 63.2 cm³/mol. The van der Waals surface area contributed by atoms with Gasteiger partial charge in [0.1, 0.15) is 0 Å². The molecule has 1 fully saturated rings. The molecule has 2 atom stereocenters. The Labute approximate surface area is 95.9 Å². The lowest BCUT2D eigenvalue weighted by Crippen LogP contribution is -2.24. The van der Waals surface area contributed by atoms with Crippen LogP contribution in [0.2, 0.25) is 0 Å². The van der Waals surface area contributed by atoms with Crippen LogP contribution in [0, 0.1) is 12.8 Å². The van der Waals surface area contributed by atoms with Gasteiger partial charge in [-0.2, -0.15) is 0 Å². The van der Waals surface area contributed by atoms with Gasteiger partial charge in [-0.1, -0.05) is 35.9 Å². The van der Waals surface area contributed by atoms with Crippen molar-refractivity contribution in [1.82, 2.24) is 0 Å². The molecule has 1 aromatic rings. The molecule has 16 heavy (non-hydrogen) atoms. The second-order valence-corrected chi connectivity index (χ2v) is 4.38. The number of ether oxygens (including phenoxy) is 1. The van der Waals surface area contributed by atoms with Gasteiger partial charge in [0.25, 0.3) is 0 Å². The van der Waals surface area contributed by atoms with Crippen molar-refractivity contribution >= 4 is 5.97 Å². The number of aryl methyl sites for hydroxylation is 1. The molecule has 1 aliphatic carbocycles. The van der Waals surface area contributed by atoms with Crippen LogP contribution in [0.15, 0.2) is 36.9 Å². The van der Waals surface area contributed by atoms with Gasteiger partial charge < -0.3 is 4.74 Å². The van der Waals surface area contributed by atoms with E-state index in [4.69, 9.17) is 4.74 Å². The van der Waals surface area contributed by atoms with E-state index in [0.29, 0.717) is 0 Å². The SMILES string of the molecule is C=C[C@H]1C[C@]1(C(=O)OC)c1ccc(C)cc1. The van der Waals surface area contributed by atoms with Crippen LogP contribution in [0.3, 0.4) is 0 Å². The van der Waals surface area contributed by atoms with Crippen molar-refractivity contribution < 1.29 is 9.53 Å². The zero-order chi connectivity index (χ0) is 11.8. The highest BCUT2D eigenvalue weighted by molar-refractivity contribution is 5.88.